The summed E-state index contributed by atoms with van der Waals surface area (Å²) in [6.07, 6.45) is -3.89. The average molecular weight is 439 g/mol. The third-order valence-corrected chi connectivity index (χ3v) is 6.15. The summed E-state index contributed by atoms with van der Waals surface area (Å²) in [5.41, 5.74) is 2.77. The van der Waals surface area contributed by atoms with Gasteiger partial charge in [-0.3, -0.25) is 4.79 Å². The first-order chi connectivity index (χ1) is 14.1. The predicted molar refractivity (Wildman–Crippen MR) is 109 cm³/mol. The maximum absolute atomic E-state index is 12.7. The SMILES string of the molecule is Cc1c(COC(=O)C2C(/C=C(\Cl)C(F)(F)F)C2(C)CO)cccc1-c1ccccc1. The lowest BCUT2D eigenvalue weighted by atomic mass is 9.97. The van der Waals surface area contributed by atoms with Gasteiger partial charge in [0, 0.05) is 17.9 Å². The summed E-state index contributed by atoms with van der Waals surface area (Å²) in [6.45, 7) is 3.02. The van der Waals surface area contributed by atoms with Crippen LogP contribution in [0.25, 0.3) is 11.1 Å². The molecule has 2 aromatic rings. The van der Waals surface area contributed by atoms with E-state index < -0.39 is 41.0 Å². The Morgan fingerprint density at radius 1 is 1.20 bits per heavy atom. The van der Waals surface area contributed by atoms with E-state index in [9.17, 15) is 23.1 Å². The van der Waals surface area contributed by atoms with Crippen LogP contribution in [-0.4, -0.2) is 23.9 Å². The van der Waals surface area contributed by atoms with Crippen molar-refractivity contribution >= 4 is 17.6 Å². The van der Waals surface area contributed by atoms with Gasteiger partial charge in [0.1, 0.15) is 11.6 Å². The maximum atomic E-state index is 12.7. The van der Waals surface area contributed by atoms with Gasteiger partial charge >= 0.3 is 12.1 Å². The quantitative estimate of drug-likeness (QED) is 0.594. The van der Waals surface area contributed by atoms with Crippen molar-refractivity contribution in [1.29, 1.82) is 0 Å². The van der Waals surface area contributed by atoms with Gasteiger partial charge in [-0.15, -0.1) is 0 Å². The molecule has 2 aromatic carbocycles. The molecule has 1 fully saturated rings. The second-order valence-electron chi connectivity index (χ2n) is 7.74. The van der Waals surface area contributed by atoms with Crippen molar-refractivity contribution in [3.05, 3.63) is 70.8 Å². The van der Waals surface area contributed by atoms with Gasteiger partial charge in [0.05, 0.1) is 5.92 Å². The van der Waals surface area contributed by atoms with E-state index in [1.165, 1.54) is 0 Å². The lowest BCUT2D eigenvalue weighted by molar-refractivity contribution is -0.147. The Morgan fingerprint density at radius 2 is 1.87 bits per heavy atom. The first-order valence-electron chi connectivity index (χ1n) is 9.45. The summed E-state index contributed by atoms with van der Waals surface area (Å²) >= 11 is 5.32. The Balaban J connectivity index is 1.73. The number of aliphatic hydroxyl groups is 1. The summed E-state index contributed by atoms with van der Waals surface area (Å²) in [5.74, 6) is -2.36. The number of halogens is 4. The van der Waals surface area contributed by atoms with Crippen LogP contribution < -0.4 is 0 Å². The van der Waals surface area contributed by atoms with Crippen LogP contribution in [0.1, 0.15) is 18.1 Å². The zero-order valence-corrected chi connectivity index (χ0v) is 17.3. The van der Waals surface area contributed by atoms with Crippen molar-refractivity contribution in [3.8, 4) is 11.1 Å². The number of hydrogen-bond donors (Lipinski definition) is 1. The molecule has 0 bridgehead atoms. The normalized spacial score (nSPS) is 23.9. The van der Waals surface area contributed by atoms with Gasteiger partial charge in [0.2, 0.25) is 0 Å². The van der Waals surface area contributed by atoms with Gasteiger partial charge in [-0.25, -0.2) is 0 Å². The lowest BCUT2D eigenvalue weighted by Crippen LogP contribution is -2.14. The van der Waals surface area contributed by atoms with Crippen molar-refractivity contribution in [1.82, 2.24) is 0 Å². The molecule has 3 unspecified atom stereocenters. The molecule has 0 aromatic heterocycles. The Hall–Kier alpha value is -2.31. The highest BCUT2D eigenvalue weighted by atomic mass is 35.5. The number of ether oxygens (including phenoxy) is 1. The van der Waals surface area contributed by atoms with Gasteiger partial charge < -0.3 is 9.84 Å². The van der Waals surface area contributed by atoms with E-state index in [4.69, 9.17) is 16.3 Å². The second-order valence-corrected chi connectivity index (χ2v) is 8.15. The number of alkyl halides is 3. The Bertz CT molecular complexity index is 956. The van der Waals surface area contributed by atoms with Crippen LogP contribution >= 0.6 is 11.6 Å². The molecule has 0 amide bonds. The summed E-state index contributed by atoms with van der Waals surface area (Å²) in [4.78, 5) is 12.6. The summed E-state index contributed by atoms with van der Waals surface area (Å²) < 4.78 is 43.6. The van der Waals surface area contributed by atoms with E-state index in [1.54, 1.807) is 6.92 Å². The first-order valence-corrected chi connectivity index (χ1v) is 9.83. The molecule has 160 valence electrons. The molecule has 1 aliphatic carbocycles. The fourth-order valence-electron chi connectivity index (χ4n) is 3.77. The van der Waals surface area contributed by atoms with Crippen LogP contribution in [0.5, 0.6) is 0 Å². The first kappa shape index (κ1) is 22.4. The minimum atomic E-state index is -4.69. The van der Waals surface area contributed by atoms with Crippen molar-refractivity contribution in [2.75, 3.05) is 6.61 Å². The third kappa shape index (κ3) is 4.40. The molecule has 0 heterocycles. The molecule has 0 radical (unpaired) electrons. The molecule has 3 nitrogen and oxygen atoms in total. The fraction of sp³-hybridized carbons (Fsp3) is 0.348. The maximum Gasteiger partial charge on any atom is 0.426 e. The van der Waals surface area contributed by atoms with Crippen LogP contribution in [0, 0.1) is 24.2 Å². The molecular weight excluding hydrogens is 417 g/mol. The highest BCUT2D eigenvalue weighted by Crippen LogP contribution is 2.60. The number of allylic oxidation sites excluding steroid dienone is 2. The Kier molecular flexibility index (Phi) is 6.29. The average Bonchev–Trinajstić information content (AvgIpc) is 3.31. The van der Waals surface area contributed by atoms with Gasteiger partial charge in [-0.05, 0) is 29.2 Å². The molecule has 0 saturated heterocycles. The molecule has 3 atom stereocenters. The molecular formula is C23H22ClF3O3. The minimum absolute atomic E-state index is 0.00716. The number of aliphatic hydroxyl groups excluding tert-OH is 1. The second kappa shape index (κ2) is 8.44. The topological polar surface area (TPSA) is 46.5 Å². The van der Waals surface area contributed by atoms with E-state index in [-0.39, 0.29) is 6.61 Å². The van der Waals surface area contributed by atoms with Crippen LogP contribution in [0.4, 0.5) is 13.2 Å². The fourth-order valence-corrected chi connectivity index (χ4v) is 3.90. The zero-order valence-electron chi connectivity index (χ0n) is 16.5. The molecule has 3 rings (SSSR count). The van der Waals surface area contributed by atoms with Crippen molar-refractivity contribution in [3.63, 3.8) is 0 Å². The number of esters is 1. The summed E-state index contributed by atoms with van der Waals surface area (Å²) in [7, 11) is 0. The molecule has 0 spiro atoms. The summed E-state index contributed by atoms with van der Waals surface area (Å²) in [6, 6.07) is 15.4. The van der Waals surface area contributed by atoms with Crippen molar-refractivity contribution in [2.45, 2.75) is 26.6 Å². The third-order valence-electron chi connectivity index (χ3n) is 5.81. The van der Waals surface area contributed by atoms with Crippen LogP contribution in [-0.2, 0) is 16.1 Å². The number of hydrogen-bond acceptors (Lipinski definition) is 3. The number of carbonyl (C=O) groups excluding carboxylic acids is 1. The molecule has 30 heavy (non-hydrogen) atoms. The number of carbonyl (C=O) groups is 1. The van der Waals surface area contributed by atoms with Crippen LogP contribution in [0.2, 0.25) is 0 Å². The van der Waals surface area contributed by atoms with Gasteiger partial charge in [-0.1, -0.05) is 73.1 Å². The van der Waals surface area contributed by atoms with Gasteiger partial charge in [-0.2, -0.15) is 13.2 Å². The van der Waals surface area contributed by atoms with E-state index in [2.05, 4.69) is 0 Å². The molecule has 1 saturated carbocycles. The molecule has 7 heteroatoms. The smallest absolute Gasteiger partial charge is 0.426 e. The van der Waals surface area contributed by atoms with Gasteiger partial charge in [0.15, 0.2) is 0 Å². The van der Waals surface area contributed by atoms with Crippen molar-refractivity contribution < 1.29 is 27.8 Å². The van der Waals surface area contributed by atoms with Crippen molar-refractivity contribution in [2.24, 2.45) is 17.3 Å². The lowest BCUT2D eigenvalue weighted by Gasteiger charge is -2.13. The molecule has 0 aliphatic heterocycles. The van der Waals surface area contributed by atoms with E-state index in [0.717, 1.165) is 28.3 Å². The largest absolute Gasteiger partial charge is 0.461 e. The van der Waals surface area contributed by atoms with E-state index in [1.807, 2.05) is 55.5 Å². The number of rotatable bonds is 6. The highest BCUT2D eigenvalue weighted by Gasteiger charge is 2.65. The van der Waals surface area contributed by atoms with Crippen LogP contribution in [0.15, 0.2) is 59.6 Å². The van der Waals surface area contributed by atoms with E-state index >= 15 is 0 Å². The molecule has 1 N–H and O–H groups in total. The Labute approximate surface area is 178 Å². The standard InChI is InChI=1S/C23H22ClF3O3/c1-14-16(9-6-10-17(14)15-7-4-3-5-8-15)12-30-21(29)20-18(22(20,2)13-28)11-19(24)23(25,26)27/h3-11,18,20,28H,12-13H2,1-2H3/b19-11-. The van der Waals surface area contributed by atoms with Gasteiger partial charge in [0.25, 0.3) is 0 Å². The minimum Gasteiger partial charge on any atom is -0.461 e. The predicted octanol–water partition coefficient (Wildman–Crippen LogP) is 5.63. The highest BCUT2D eigenvalue weighted by molar-refractivity contribution is 6.30. The number of benzene rings is 2. The monoisotopic (exact) mass is 438 g/mol. The zero-order chi connectivity index (χ0) is 22.1. The molecule has 1 aliphatic rings. The Morgan fingerprint density at radius 3 is 2.47 bits per heavy atom. The van der Waals surface area contributed by atoms with E-state index in [0.29, 0.717) is 0 Å². The van der Waals surface area contributed by atoms with Crippen LogP contribution in [0.3, 0.4) is 0 Å². The summed E-state index contributed by atoms with van der Waals surface area (Å²) in [5, 5.41) is 8.30.